The molecule has 0 heterocycles. The topological polar surface area (TPSA) is 38.7 Å². The van der Waals surface area contributed by atoms with E-state index < -0.39 is 0 Å². The van der Waals surface area contributed by atoms with Gasteiger partial charge in [-0.3, -0.25) is 0 Å². The minimum Gasteiger partial charge on any atom is -0.508 e. The molecule has 0 aliphatic carbocycles. The van der Waals surface area contributed by atoms with Gasteiger partial charge in [0.15, 0.2) is 0 Å². The number of ether oxygens (including phenoxy) is 2. The van der Waals surface area contributed by atoms with Crippen LogP contribution in [0.15, 0.2) is 42.5 Å². The summed E-state index contributed by atoms with van der Waals surface area (Å²) in [5.74, 6) is 2.04. The standard InChI is InChI=1S/C18H22O3/c1-20-16-11-14(12-17(13-16)21-2)7-3-4-8-15-9-5-6-10-18(15)19/h5-6,9-13,19H,3-4,7-8H2,1-2H3. The molecule has 0 aromatic heterocycles. The highest BCUT2D eigenvalue weighted by Crippen LogP contribution is 2.24. The van der Waals surface area contributed by atoms with E-state index in [1.807, 2.05) is 36.4 Å². The highest BCUT2D eigenvalue weighted by molar-refractivity contribution is 5.38. The van der Waals surface area contributed by atoms with Crippen molar-refractivity contribution in [3.8, 4) is 17.2 Å². The van der Waals surface area contributed by atoms with E-state index in [2.05, 4.69) is 0 Å². The number of aromatic hydroxyl groups is 1. The molecule has 0 amide bonds. The highest BCUT2D eigenvalue weighted by atomic mass is 16.5. The Kier molecular flexibility index (Phi) is 5.50. The van der Waals surface area contributed by atoms with E-state index in [0.717, 1.165) is 42.7 Å². The minimum absolute atomic E-state index is 0.389. The van der Waals surface area contributed by atoms with Crippen molar-refractivity contribution in [3.05, 3.63) is 53.6 Å². The molecule has 0 aliphatic heterocycles. The van der Waals surface area contributed by atoms with E-state index in [1.54, 1.807) is 20.3 Å². The number of phenols is 1. The molecule has 3 heteroatoms. The first-order valence-electron chi connectivity index (χ1n) is 7.21. The van der Waals surface area contributed by atoms with E-state index in [-0.39, 0.29) is 0 Å². The Morgan fingerprint density at radius 3 is 2.10 bits per heavy atom. The van der Waals surface area contributed by atoms with Crippen LogP contribution in [0.5, 0.6) is 17.2 Å². The number of hydrogen-bond acceptors (Lipinski definition) is 3. The van der Waals surface area contributed by atoms with Crippen molar-refractivity contribution in [2.75, 3.05) is 14.2 Å². The van der Waals surface area contributed by atoms with Gasteiger partial charge in [-0.05, 0) is 55.0 Å². The van der Waals surface area contributed by atoms with Crippen molar-refractivity contribution in [1.29, 1.82) is 0 Å². The summed E-state index contributed by atoms with van der Waals surface area (Å²) in [6, 6.07) is 13.5. The van der Waals surface area contributed by atoms with Gasteiger partial charge in [-0.2, -0.15) is 0 Å². The molecule has 2 rings (SSSR count). The molecule has 0 atom stereocenters. The lowest BCUT2D eigenvalue weighted by atomic mass is 10.0. The third kappa shape index (κ3) is 4.42. The summed E-state index contributed by atoms with van der Waals surface area (Å²) < 4.78 is 10.6. The van der Waals surface area contributed by atoms with Gasteiger partial charge in [0.1, 0.15) is 17.2 Å². The molecule has 0 fully saturated rings. The second-order valence-electron chi connectivity index (χ2n) is 5.06. The number of hydrogen-bond donors (Lipinski definition) is 1. The smallest absolute Gasteiger partial charge is 0.122 e. The van der Waals surface area contributed by atoms with Crippen LogP contribution in [0, 0.1) is 0 Å². The van der Waals surface area contributed by atoms with E-state index in [4.69, 9.17) is 9.47 Å². The summed E-state index contributed by atoms with van der Waals surface area (Å²) in [6.45, 7) is 0. The van der Waals surface area contributed by atoms with Gasteiger partial charge in [0, 0.05) is 6.07 Å². The summed E-state index contributed by atoms with van der Waals surface area (Å²) in [5, 5.41) is 9.73. The fourth-order valence-electron chi connectivity index (χ4n) is 2.38. The summed E-state index contributed by atoms with van der Waals surface area (Å²) in [7, 11) is 3.33. The Morgan fingerprint density at radius 2 is 1.48 bits per heavy atom. The number of benzene rings is 2. The van der Waals surface area contributed by atoms with E-state index in [1.165, 1.54) is 5.56 Å². The molecular weight excluding hydrogens is 264 g/mol. The van der Waals surface area contributed by atoms with Crippen molar-refractivity contribution in [2.24, 2.45) is 0 Å². The largest absolute Gasteiger partial charge is 0.508 e. The average Bonchev–Trinajstić information content (AvgIpc) is 2.52. The van der Waals surface area contributed by atoms with Crippen molar-refractivity contribution in [3.63, 3.8) is 0 Å². The molecule has 2 aromatic carbocycles. The molecule has 0 unspecified atom stereocenters. The number of phenolic OH excluding ortho intramolecular Hbond substituents is 1. The number of rotatable bonds is 7. The van der Waals surface area contributed by atoms with E-state index in [9.17, 15) is 5.11 Å². The molecule has 0 spiro atoms. The molecule has 0 saturated heterocycles. The first kappa shape index (κ1) is 15.2. The molecule has 112 valence electrons. The second kappa shape index (κ2) is 7.58. The van der Waals surface area contributed by atoms with Crippen LogP contribution in [0.1, 0.15) is 24.0 Å². The molecular formula is C18H22O3. The third-order valence-electron chi connectivity index (χ3n) is 3.56. The van der Waals surface area contributed by atoms with Crippen LogP contribution in [0.4, 0.5) is 0 Å². The molecule has 0 radical (unpaired) electrons. The van der Waals surface area contributed by atoms with E-state index in [0.29, 0.717) is 5.75 Å². The Bertz CT molecular complexity index is 556. The minimum atomic E-state index is 0.389. The van der Waals surface area contributed by atoms with Crippen molar-refractivity contribution >= 4 is 0 Å². The van der Waals surface area contributed by atoms with Gasteiger partial charge in [-0.15, -0.1) is 0 Å². The lowest BCUT2D eigenvalue weighted by Gasteiger charge is -2.09. The molecule has 0 aliphatic rings. The fraction of sp³-hybridized carbons (Fsp3) is 0.333. The van der Waals surface area contributed by atoms with Crippen LogP contribution in [-0.2, 0) is 12.8 Å². The molecule has 0 saturated carbocycles. The zero-order valence-electron chi connectivity index (χ0n) is 12.6. The SMILES string of the molecule is COc1cc(CCCCc2ccccc2O)cc(OC)c1. The second-order valence-corrected chi connectivity index (χ2v) is 5.06. The summed E-state index contributed by atoms with van der Waals surface area (Å²) in [4.78, 5) is 0. The van der Waals surface area contributed by atoms with Gasteiger partial charge >= 0.3 is 0 Å². The van der Waals surface area contributed by atoms with Crippen LogP contribution in [0.3, 0.4) is 0 Å². The van der Waals surface area contributed by atoms with Crippen LogP contribution in [0.2, 0.25) is 0 Å². The average molecular weight is 286 g/mol. The third-order valence-corrected chi connectivity index (χ3v) is 3.56. The lowest BCUT2D eigenvalue weighted by Crippen LogP contribution is -1.93. The fourth-order valence-corrected chi connectivity index (χ4v) is 2.38. The van der Waals surface area contributed by atoms with Crippen LogP contribution >= 0.6 is 0 Å². The Morgan fingerprint density at radius 1 is 0.857 bits per heavy atom. The maximum atomic E-state index is 9.73. The molecule has 21 heavy (non-hydrogen) atoms. The summed E-state index contributed by atoms with van der Waals surface area (Å²) >= 11 is 0. The summed E-state index contributed by atoms with van der Waals surface area (Å²) in [6.07, 6.45) is 3.97. The Balaban J connectivity index is 1.87. The number of methoxy groups -OCH3 is 2. The van der Waals surface area contributed by atoms with Gasteiger partial charge < -0.3 is 14.6 Å². The zero-order chi connectivity index (χ0) is 15.1. The van der Waals surface area contributed by atoms with Crippen molar-refractivity contribution in [2.45, 2.75) is 25.7 Å². The molecule has 3 nitrogen and oxygen atoms in total. The Hall–Kier alpha value is -2.16. The van der Waals surface area contributed by atoms with E-state index >= 15 is 0 Å². The molecule has 1 N–H and O–H groups in total. The van der Waals surface area contributed by atoms with Crippen LogP contribution < -0.4 is 9.47 Å². The van der Waals surface area contributed by atoms with Gasteiger partial charge in [-0.1, -0.05) is 18.2 Å². The summed E-state index contributed by atoms with van der Waals surface area (Å²) in [5.41, 5.74) is 2.23. The number of aryl methyl sites for hydroxylation is 2. The lowest BCUT2D eigenvalue weighted by molar-refractivity contribution is 0.393. The monoisotopic (exact) mass is 286 g/mol. The van der Waals surface area contributed by atoms with Crippen molar-refractivity contribution in [1.82, 2.24) is 0 Å². The predicted molar refractivity (Wildman–Crippen MR) is 84.3 cm³/mol. The van der Waals surface area contributed by atoms with Crippen LogP contribution in [-0.4, -0.2) is 19.3 Å². The highest BCUT2D eigenvalue weighted by Gasteiger charge is 2.03. The van der Waals surface area contributed by atoms with Gasteiger partial charge in [-0.25, -0.2) is 0 Å². The predicted octanol–water partition coefficient (Wildman–Crippen LogP) is 3.97. The maximum Gasteiger partial charge on any atom is 0.122 e. The van der Waals surface area contributed by atoms with Crippen LogP contribution in [0.25, 0.3) is 0 Å². The van der Waals surface area contributed by atoms with Crippen molar-refractivity contribution < 1.29 is 14.6 Å². The Labute approximate surface area is 126 Å². The first-order valence-corrected chi connectivity index (χ1v) is 7.21. The number of unbranched alkanes of at least 4 members (excludes halogenated alkanes) is 1. The van der Waals surface area contributed by atoms with Gasteiger partial charge in [0.25, 0.3) is 0 Å². The van der Waals surface area contributed by atoms with Gasteiger partial charge in [0.05, 0.1) is 14.2 Å². The maximum absolute atomic E-state index is 9.73. The normalized spacial score (nSPS) is 10.4. The molecule has 0 bridgehead atoms. The molecule has 2 aromatic rings. The quantitative estimate of drug-likeness (QED) is 0.783. The first-order chi connectivity index (χ1) is 10.2. The zero-order valence-corrected chi connectivity index (χ0v) is 12.6. The number of para-hydroxylation sites is 1. The van der Waals surface area contributed by atoms with Gasteiger partial charge in [0.2, 0.25) is 0 Å².